The lowest BCUT2D eigenvalue weighted by Gasteiger charge is -2.29. The molecule has 2 fully saturated rings. The molecule has 2 aliphatic heterocycles. The topological polar surface area (TPSA) is 82.8 Å². The van der Waals surface area contributed by atoms with Crippen LogP contribution in [0.15, 0.2) is 52.5 Å². The number of aliphatic hydroxyl groups is 1. The summed E-state index contributed by atoms with van der Waals surface area (Å²) in [7, 11) is 0. The van der Waals surface area contributed by atoms with Gasteiger partial charge in [-0.1, -0.05) is 23.7 Å². The summed E-state index contributed by atoms with van der Waals surface area (Å²) in [5, 5.41) is 17.6. The smallest absolute Gasteiger partial charge is 0.395 e. The average Bonchev–Trinajstić information content (AvgIpc) is 3.43. The molecule has 0 unspecified atom stereocenters. The first kappa shape index (κ1) is 26.7. The monoisotopic (exact) mass is 563 g/mol. The first-order chi connectivity index (χ1) is 18.2. The van der Waals surface area contributed by atoms with Crippen LogP contribution >= 0.6 is 23.4 Å². The molecule has 38 heavy (non-hydrogen) atoms. The summed E-state index contributed by atoms with van der Waals surface area (Å²) in [6, 6.07) is 9.29. The van der Waals surface area contributed by atoms with Crippen LogP contribution < -0.4 is 5.32 Å². The first-order valence-electron chi connectivity index (χ1n) is 12.1. The molecule has 2 saturated heterocycles. The van der Waals surface area contributed by atoms with Crippen molar-refractivity contribution in [3.8, 4) is 0 Å². The molecule has 1 aromatic heterocycles. The maximum absolute atomic E-state index is 13.5. The van der Waals surface area contributed by atoms with E-state index in [4.69, 9.17) is 21.7 Å². The second-order valence-corrected chi connectivity index (χ2v) is 10.7. The molecule has 0 spiro atoms. The van der Waals surface area contributed by atoms with Gasteiger partial charge < -0.3 is 15.3 Å². The minimum atomic E-state index is -4.53. The molecule has 2 N–H and O–H groups in total. The van der Waals surface area contributed by atoms with E-state index in [-0.39, 0.29) is 35.7 Å². The molecule has 7 nitrogen and oxygen atoms in total. The highest BCUT2D eigenvalue weighted by atomic mass is 35.5. The summed E-state index contributed by atoms with van der Waals surface area (Å²) in [6.07, 6.45) is 0.588. The highest BCUT2D eigenvalue weighted by Crippen LogP contribution is 2.35. The number of nitrogens with one attached hydrogen (secondary N) is 1. The lowest BCUT2D eigenvalue weighted by Crippen LogP contribution is -2.37. The Morgan fingerprint density at radius 3 is 2.74 bits per heavy atom. The van der Waals surface area contributed by atoms with Crippen molar-refractivity contribution in [3.63, 3.8) is 0 Å². The Morgan fingerprint density at radius 2 is 2.00 bits per heavy atom. The molecule has 0 radical (unpaired) electrons. The van der Waals surface area contributed by atoms with Crippen LogP contribution in [-0.2, 0) is 17.5 Å². The van der Waals surface area contributed by atoms with Crippen LogP contribution in [0.3, 0.4) is 0 Å². The molecular formula is C26H25ClF3N5O2S. The van der Waals surface area contributed by atoms with Crippen molar-refractivity contribution >= 4 is 51.4 Å². The number of rotatable bonds is 6. The van der Waals surface area contributed by atoms with Crippen LogP contribution in [0.1, 0.15) is 29.5 Å². The lowest BCUT2D eigenvalue weighted by molar-refractivity contribution is -0.138. The number of carbonyl (C=O) groups excluding carboxylic acids is 1. The van der Waals surface area contributed by atoms with Gasteiger partial charge in [0, 0.05) is 30.0 Å². The second-order valence-electron chi connectivity index (χ2n) is 9.22. The number of hydrogen-bond donors (Lipinski definition) is 2. The fourth-order valence-electron chi connectivity index (χ4n) is 4.65. The third-order valence-electron chi connectivity index (χ3n) is 6.59. The molecule has 3 aromatic rings. The molecule has 0 atom stereocenters. The van der Waals surface area contributed by atoms with Crippen molar-refractivity contribution in [3.05, 3.63) is 69.2 Å². The Balaban J connectivity index is 1.30. The molecule has 3 heterocycles. The quantitative estimate of drug-likeness (QED) is 0.422. The SMILES string of the molecule is O=C1NC(=NC2CCN(CCO)CC2)S/C1=C\c1ccc2c(cnn2Cc2ccc(Cl)cc2C(F)(F)F)c1. The van der Waals surface area contributed by atoms with Crippen molar-refractivity contribution in [2.75, 3.05) is 26.2 Å². The lowest BCUT2D eigenvalue weighted by atomic mass is 10.1. The number of aromatic nitrogens is 2. The number of hydrogen-bond acceptors (Lipinski definition) is 6. The van der Waals surface area contributed by atoms with Crippen LogP contribution in [0.2, 0.25) is 5.02 Å². The van der Waals surface area contributed by atoms with Crippen LogP contribution in [-0.4, -0.2) is 63.1 Å². The van der Waals surface area contributed by atoms with Crippen molar-refractivity contribution in [1.82, 2.24) is 20.0 Å². The summed E-state index contributed by atoms with van der Waals surface area (Å²) < 4.78 is 42.0. The van der Waals surface area contributed by atoms with Gasteiger partial charge in [-0.15, -0.1) is 0 Å². The highest BCUT2D eigenvalue weighted by molar-refractivity contribution is 8.18. The van der Waals surface area contributed by atoms with Crippen LogP contribution in [0.5, 0.6) is 0 Å². The number of amidine groups is 1. The van der Waals surface area contributed by atoms with Gasteiger partial charge in [0.15, 0.2) is 5.17 Å². The maximum Gasteiger partial charge on any atom is 0.416 e. The maximum atomic E-state index is 13.5. The van der Waals surface area contributed by atoms with E-state index in [2.05, 4.69) is 15.3 Å². The first-order valence-corrected chi connectivity index (χ1v) is 13.3. The Hall–Kier alpha value is -2.86. The zero-order chi connectivity index (χ0) is 26.9. The number of aliphatic hydroxyl groups excluding tert-OH is 1. The summed E-state index contributed by atoms with van der Waals surface area (Å²) in [6.45, 7) is 2.49. The van der Waals surface area contributed by atoms with E-state index < -0.39 is 11.7 Å². The number of halogens is 4. The van der Waals surface area contributed by atoms with E-state index in [1.807, 2.05) is 6.07 Å². The largest absolute Gasteiger partial charge is 0.416 e. The van der Waals surface area contributed by atoms with Crippen molar-refractivity contribution in [2.45, 2.75) is 31.6 Å². The predicted molar refractivity (Wildman–Crippen MR) is 143 cm³/mol. The van der Waals surface area contributed by atoms with E-state index in [0.29, 0.717) is 22.1 Å². The molecule has 200 valence electrons. The average molecular weight is 564 g/mol. The Kier molecular flexibility index (Phi) is 7.80. The number of β-amino-alcohol motifs (C(OH)–C–C–N with tert-alkyl or cyclic N) is 1. The Labute approximate surface area is 226 Å². The standard InChI is InChI=1S/C26H25ClF3N5O2S/c27-19-3-2-17(21(13-19)26(28,29)30)15-35-22-4-1-16(11-18(22)14-31-35)12-23-24(37)33-25(38-23)32-20-5-7-34(8-6-20)9-10-36/h1-4,11-14,20,36H,5-10,15H2,(H,32,33,37)/b23-12-. The number of amides is 1. The number of thioether (sulfide) groups is 1. The summed E-state index contributed by atoms with van der Waals surface area (Å²) in [5.41, 5.74) is 0.736. The Bertz CT molecular complexity index is 1410. The molecule has 12 heteroatoms. The van der Waals surface area contributed by atoms with Gasteiger partial charge in [0.05, 0.1) is 41.4 Å². The second kappa shape index (κ2) is 11.1. The summed E-state index contributed by atoms with van der Waals surface area (Å²) >= 11 is 7.09. The molecule has 0 aliphatic carbocycles. The van der Waals surface area contributed by atoms with Crippen LogP contribution in [0.4, 0.5) is 13.2 Å². The van der Waals surface area contributed by atoms with Crippen LogP contribution in [0.25, 0.3) is 17.0 Å². The van der Waals surface area contributed by atoms with Gasteiger partial charge in [-0.05, 0) is 66.1 Å². The Morgan fingerprint density at radius 1 is 1.21 bits per heavy atom. The third kappa shape index (κ3) is 6.06. The van der Waals surface area contributed by atoms with E-state index in [9.17, 15) is 18.0 Å². The normalized spacial score (nSPS) is 19.7. The van der Waals surface area contributed by atoms with Gasteiger partial charge in [0.2, 0.25) is 0 Å². The van der Waals surface area contributed by atoms with Gasteiger partial charge in [0.1, 0.15) is 0 Å². The van der Waals surface area contributed by atoms with Crippen molar-refractivity contribution < 1.29 is 23.1 Å². The molecule has 5 rings (SSSR count). The van der Waals surface area contributed by atoms with E-state index in [1.54, 1.807) is 24.4 Å². The number of aliphatic imine (C=N–C) groups is 1. The van der Waals surface area contributed by atoms with Crippen molar-refractivity contribution in [1.29, 1.82) is 0 Å². The van der Waals surface area contributed by atoms with Crippen LogP contribution in [0, 0.1) is 0 Å². The minimum absolute atomic E-state index is 0.0227. The van der Waals surface area contributed by atoms with E-state index in [0.717, 1.165) is 42.9 Å². The highest BCUT2D eigenvalue weighted by Gasteiger charge is 2.33. The molecule has 0 saturated carbocycles. The zero-order valence-corrected chi connectivity index (χ0v) is 21.8. The molecular weight excluding hydrogens is 539 g/mol. The van der Waals surface area contributed by atoms with Gasteiger partial charge in [0.25, 0.3) is 5.91 Å². The van der Waals surface area contributed by atoms with E-state index in [1.165, 1.54) is 28.6 Å². The summed E-state index contributed by atoms with van der Waals surface area (Å²) in [5.74, 6) is -0.218. The number of likely N-dealkylation sites (tertiary alicyclic amines) is 1. The fourth-order valence-corrected chi connectivity index (χ4v) is 5.72. The number of benzene rings is 2. The molecule has 0 bridgehead atoms. The zero-order valence-electron chi connectivity index (χ0n) is 20.2. The number of nitrogens with zero attached hydrogens (tertiary/aromatic N) is 4. The fraction of sp³-hybridized carbons (Fsp3) is 0.346. The number of fused-ring (bicyclic) bond motifs is 1. The molecule has 1 amide bonds. The number of carbonyl (C=O) groups is 1. The van der Waals surface area contributed by atoms with Gasteiger partial charge >= 0.3 is 6.18 Å². The van der Waals surface area contributed by atoms with Gasteiger partial charge in [-0.25, -0.2) is 0 Å². The third-order valence-corrected chi connectivity index (χ3v) is 7.74. The van der Waals surface area contributed by atoms with Gasteiger partial charge in [-0.3, -0.25) is 14.5 Å². The predicted octanol–water partition coefficient (Wildman–Crippen LogP) is 4.77. The number of alkyl halides is 3. The van der Waals surface area contributed by atoms with Crippen molar-refractivity contribution in [2.24, 2.45) is 4.99 Å². The number of piperidine rings is 1. The molecule has 2 aromatic carbocycles. The molecule has 2 aliphatic rings. The van der Waals surface area contributed by atoms with Gasteiger partial charge in [-0.2, -0.15) is 18.3 Å². The van der Waals surface area contributed by atoms with E-state index >= 15 is 0 Å². The summed E-state index contributed by atoms with van der Waals surface area (Å²) in [4.78, 5) is 20.0. The minimum Gasteiger partial charge on any atom is -0.395 e.